The Morgan fingerprint density at radius 3 is 2.68 bits per heavy atom. The predicted octanol–water partition coefficient (Wildman–Crippen LogP) is 3.09. The fourth-order valence-electron chi connectivity index (χ4n) is 7.47. The smallest absolute Gasteiger partial charge is 0.164 e. The van der Waals surface area contributed by atoms with Crippen molar-refractivity contribution >= 4 is 5.78 Å². The van der Waals surface area contributed by atoms with Crippen LogP contribution >= 0.6 is 0 Å². The fourth-order valence-corrected chi connectivity index (χ4v) is 7.47. The highest BCUT2D eigenvalue weighted by atomic mass is 16.6. The lowest BCUT2D eigenvalue weighted by atomic mass is 9.45. The van der Waals surface area contributed by atoms with Crippen molar-refractivity contribution in [2.45, 2.75) is 83.0 Å². The number of rotatable bonds is 0. The molecule has 5 fully saturated rings. The van der Waals surface area contributed by atoms with Crippen LogP contribution in [0.5, 0.6) is 0 Å². The van der Waals surface area contributed by atoms with E-state index in [1.165, 1.54) is 19.3 Å². The van der Waals surface area contributed by atoms with Crippen molar-refractivity contribution in [3.63, 3.8) is 0 Å². The molecule has 1 aliphatic heterocycles. The zero-order chi connectivity index (χ0) is 15.3. The molecular weight excluding hydrogens is 276 g/mol. The molecular formula is C19H28O3. The second-order valence-electron chi connectivity index (χ2n) is 9.32. The summed E-state index contributed by atoms with van der Waals surface area (Å²) in [6, 6.07) is 0. The lowest BCUT2D eigenvalue weighted by Crippen LogP contribution is -2.58. The van der Waals surface area contributed by atoms with Crippen LogP contribution in [0.4, 0.5) is 0 Å². The van der Waals surface area contributed by atoms with Crippen LogP contribution in [0.3, 0.4) is 0 Å². The van der Waals surface area contributed by atoms with Gasteiger partial charge < -0.3 is 9.84 Å². The second kappa shape index (κ2) is 3.97. The van der Waals surface area contributed by atoms with Crippen molar-refractivity contribution in [2.75, 3.05) is 0 Å². The zero-order valence-corrected chi connectivity index (χ0v) is 13.8. The van der Waals surface area contributed by atoms with Gasteiger partial charge in [-0.2, -0.15) is 0 Å². The number of hydrogen-bond donors (Lipinski definition) is 1. The van der Waals surface area contributed by atoms with Crippen LogP contribution in [0.15, 0.2) is 0 Å². The van der Waals surface area contributed by atoms with E-state index < -0.39 is 0 Å². The molecule has 5 rings (SSSR count). The number of hydrogen-bond acceptors (Lipinski definition) is 3. The predicted molar refractivity (Wildman–Crippen MR) is 82.2 cm³/mol. The molecule has 1 spiro atoms. The molecule has 3 nitrogen and oxygen atoms in total. The van der Waals surface area contributed by atoms with Crippen LogP contribution in [-0.2, 0) is 9.53 Å². The number of carbonyl (C=O) groups is 1. The first-order valence-corrected chi connectivity index (χ1v) is 9.31. The molecule has 5 aliphatic rings. The van der Waals surface area contributed by atoms with Crippen LogP contribution in [0.25, 0.3) is 0 Å². The molecule has 0 amide bonds. The lowest BCUT2D eigenvalue weighted by molar-refractivity contribution is -0.133. The van der Waals surface area contributed by atoms with Gasteiger partial charge in [-0.25, -0.2) is 0 Å². The molecule has 22 heavy (non-hydrogen) atoms. The van der Waals surface area contributed by atoms with Crippen molar-refractivity contribution in [2.24, 2.45) is 28.6 Å². The topological polar surface area (TPSA) is 49.8 Å². The third-order valence-corrected chi connectivity index (χ3v) is 8.90. The van der Waals surface area contributed by atoms with Crippen LogP contribution in [-0.4, -0.2) is 28.7 Å². The van der Waals surface area contributed by atoms with Gasteiger partial charge in [-0.1, -0.05) is 13.8 Å². The molecule has 4 aliphatic carbocycles. The molecule has 8 atom stereocenters. The van der Waals surface area contributed by atoms with E-state index >= 15 is 0 Å². The Morgan fingerprint density at radius 1 is 1.05 bits per heavy atom. The maximum atomic E-state index is 12.1. The molecule has 0 aromatic carbocycles. The number of epoxide rings is 1. The molecule has 4 saturated carbocycles. The Bertz CT molecular complexity index is 545. The van der Waals surface area contributed by atoms with Gasteiger partial charge in [-0.05, 0) is 68.1 Å². The summed E-state index contributed by atoms with van der Waals surface area (Å²) >= 11 is 0. The first-order chi connectivity index (χ1) is 10.4. The van der Waals surface area contributed by atoms with Gasteiger partial charge in [0.25, 0.3) is 0 Å². The normalized spacial score (nSPS) is 62.7. The summed E-state index contributed by atoms with van der Waals surface area (Å²) in [7, 11) is 0. The van der Waals surface area contributed by atoms with E-state index in [-0.39, 0.29) is 28.6 Å². The number of ketones is 1. The third-order valence-electron chi connectivity index (χ3n) is 8.90. The van der Waals surface area contributed by atoms with E-state index in [0.717, 1.165) is 38.0 Å². The van der Waals surface area contributed by atoms with Crippen LogP contribution in [0.1, 0.15) is 65.2 Å². The Morgan fingerprint density at radius 2 is 1.86 bits per heavy atom. The van der Waals surface area contributed by atoms with Gasteiger partial charge in [0.05, 0.1) is 6.10 Å². The molecule has 1 heterocycles. The van der Waals surface area contributed by atoms with Gasteiger partial charge in [0.2, 0.25) is 0 Å². The summed E-state index contributed by atoms with van der Waals surface area (Å²) in [5.74, 6) is 2.48. The van der Waals surface area contributed by atoms with E-state index in [9.17, 15) is 9.90 Å². The van der Waals surface area contributed by atoms with Gasteiger partial charge in [-0.3, -0.25) is 4.79 Å². The van der Waals surface area contributed by atoms with Gasteiger partial charge in [0, 0.05) is 11.8 Å². The van der Waals surface area contributed by atoms with Crippen LogP contribution < -0.4 is 0 Å². The molecule has 0 radical (unpaired) electrons. The second-order valence-corrected chi connectivity index (χ2v) is 9.32. The lowest BCUT2D eigenvalue weighted by Gasteiger charge is -2.59. The summed E-state index contributed by atoms with van der Waals surface area (Å²) in [6.45, 7) is 4.75. The number of aliphatic hydroxyl groups excluding tert-OH is 1. The summed E-state index contributed by atoms with van der Waals surface area (Å²) in [5, 5.41) is 10.5. The number of carbonyl (C=O) groups excluding carboxylic acids is 1. The van der Waals surface area contributed by atoms with E-state index in [4.69, 9.17) is 4.74 Å². The van der Waals surface area contributed by atoms with Gasteiger partial charge in [0.15, 0.2) is 5.78 Å². The Kier molecular flexibility index (Phi) is 2.52. The minimum absolute atomic E-state index is 0.0744. The van der Waals surface area contributed by atoms with Crippen molar-refractivity contribution < 1.29 is 14.6 Å². The maximum absolute atomic E-state index is 12.1. The first kappa shape index (κ1) is 14.0. The van der Waals surface area contributed by atoms with Crippen LogP contribution in [0.2, 0.25) is 0 Å². The SMILES string of the molecule is C[C@]12CC[C@H]3[C@@H](CC[C@]45OC4C(=O)CC[C@]35C)[C@@H]1CC[C@@H]2O. The third kappa shape index (κ3) is 1.36. The number of Topliss-reactive ketones (excluding diaryl/α,β-unsaturated/α-hetero) is 1. The van der Waals surface area contributed by atoms with Crippen LogP contribution in [0, 0.1) is 28.6 Å². The van der Waals surface area contributed by atoms with Crippen molar-refractivity contribution in [3.8, 4) is 0 Å². The van der Waals surface area contributed by atoms with Gasteiger partial charge in [0.1, 0.15) is 11.7 Å². The quantitative estimate of drug-likeness (QED) is 0.700. The summed E-state index contributed by atoms with van der Waals surface area (Å²) in [4.78, 5) is 12.1. The summed E-state index contributed by atoms with van der Waals surface area (Å²) in [6.07, 6.45) is 8.42. The molecule has 3 heteroatoms. The Labute approximate surface area is 132 Å². The van der Waals surface area contributed by atoms with Crippen molar-refractivity contribution in [1.82, 2.24) is 0 Å². The molecule has 1 unspecified atom stereocenters. The standard InChI is InChI=1S/C19H28O3/c1-17-8-6-13-11(12(17)3-4-15(17)21)5-10-19-16(22-19)14(20)7-9-18(13,19)2/h11-13,15-16,21H,3-10H2,1-2H3/t11-,12-,13-,15-,16?,17-,18+,19-/m0/s1. The molecule has 0 aromatic heterocycles. The number of ether oxygens (including phenoxy) is 1. The highest BCUT2D eigenvalue weighted by molar-refractivity contribution is 5.88. The first-order valence-electron chi connectivity index (χ1n) is 9.31. The average Bonchev–Trinajstić information content (AvgIpc) is 3.17. The summed E-state index contributed by atoms with van der Waals surface area (Å²) in [5.41, 5.74) is 0.244. The highest BCUT2D eigenvalue weighted by Crippen LogP contribution is 2.72. The molecule has 0 bridgehead atoms. The molecule has 1 saturated heterocycles. The molecule has 1 N–H and O–H groups in total. The number of fused-ring (bicyclic) bond motifs is 4. The Hall–Kier alpha value is -0.410. The van der Waals surface area contributed by atoms with E-state index in [2.05, 4.69) is 13.8 Å². The number of aliphatic hydroxyl groups is 1. The minimum Gasteiger partial charge on any atom is -0.393 e. The van der Waals surface area contributed by atoms with E-state index in [1.807, 2.05) is 0 Å². The van der Waals surface area contributed by atoms with Crippen molar-refractivity contribution in [3.05, 3.63) is 0 Å². The fraction of sp³-hybridized carbons (Fsp3) is 0.947. The largest absolute Gasteiger partial charge is 0.393 e. The molecule has 0 aromatic rings. The maximum Gasteiger partial charge on any atom is 0.164 e. The average molecular weight is 304 g/mol. The zero-order valence-electron chi connectivity index (χ0n) is 13.8. The molecule has 122 valence electrons. The van der Waals surface area contributed by atoms with E-state index in [0.29, 0.717) is 17.6 Å². The van der Waals surface area contributed by atoms with E-state index in [1.54, 1.807) is 0 Å². The van der Waals surface area contributed by atoms with Gasteiger partial charge in [-0.15, -0.1) is 0 Å². The minimum atomic E-state index is -0.103. The monoisotopic (exact) mass is 304 g/mol. The van der Waals surface area contributed by atoms with Gasteiger partial charge >= 0.3 is 0 Å². The Balaban J connectivity index is 1.51. The summed E-state index contributed by atoms with van der Waals surface area (Å²) < 4.78 is 6.09. The highest BCUT2D eigenvalue weighted by Gasteiger charge is 2.76. The van der Waals surface area contributed by atoms with Crippen molar-refractivity contribution in [1.29, 1.82) is 0 Å².